The number of rotatable bonds is 9. The summed E-state index contributed by atoms with van der Waals surface area (Å²) >= 11 is 0. The topological polar surface area (TPSA) is 108 Å². The third-order valence-corrected chi connectivity index (χ3v) is 7.15. The Kier molecular flexibility index (Phi) is 6.63. The zero-order valence-corrected chi connectivity index (χ0v) is 16.9. The van der Waals surface area contributed by atoms with Crippen LogP contribution in [-0.4, -0.2) is 26.8 Å². The molecule has 0 aliphatic heterocycles. The lowest BCUT2D eigenvalue weighted by Gasteiger charge is -2.17. The minimum atomic E-state index is -3.81. The molecular weight excluding hydrogens is 379 g/mol. The molecule has 2 rings (SSSR count). The molecule has 0 fully saturated rings. The van der Waals surface area contributed by atoms with Crippen LogP contribution in [0.1, 0.15) is 30.9 Å². The van der Waals surface area contributed by atoms with E-state index in [0.717, 1.165) is 5.56 Å². The van der Waals surface area contributed by atoms with Crippen molar-refractivity contribution in [1.29, 1.82) is 0 Å². The summed E-state index contributed by atoms with van der Waals surface area (Å²) in [7, 11) is -7.02. The lowest BCUT2D eigenvalue weighted by atomic mass is 10.2. The number of hydrogen-bond donors (Lipinski definition) is 1. The average Bonchev–Trinajstić information content (AvgIpc) is 2.89. The van der Waals surface area contributed by atoms with Gasteiger partial charge in [-0.2, -0.15) is 0 Å². The van der Waals surface area contributed by atoms with Gasteiger partial charge in [0.25, 0.3) is 10.0 Å². The predicted molar refractivity (Wildman–Crippen MR) is 97.8 cm³/mol. The number of benzene rings is 1. The highest BCUT2D eigenvalue weighted by molar-refractivity contribution is 7.92. The van der Waals surface area contributed by atoms with Gasteiger partial charge in [0.05, 0.1) is 19.4 Å². The minimum Gasteiger partial charge on any atom is -0.360 e. The van der Waals surface area contributed by atoms with E-state index in [1.165, 1.54) is 6.92 Å². The molecule has 0 aliphatic rings. The van der Waals surface area contributed by atoms with E-state index >= 15 is 0 Å². The van der Waals surface area contributed by atoms with Gasteiger partial charge in [-0.1, -0.05) is 17.3 Å². The van der Waals surface area contributed by atoms with Gasteiger partial charge in [-0.25, -0.2) is 8.42 Å². The first kappa shape index (κ1) is 20.6. The molecule has 1 N–H and O–H groups in total. The number of nitrogens with one attached hydrogen (secondary N) is 1. The molecule has 10 heteroatoms. The fourth-order valence-corrected chi connectivity index (χ4v) is 5.58. The second-order valence-electron chi connectivity index (χ2n) is 5.56. The quantitative estimate of drug-likeness (QED) is 0.635. The van der Waals surface area contributed by atoms with Crippen molar-refractivity contribution < 1.29 is 26.6 Å². The number of nitrogens with zero attached hydrogens (tertiary/aromatic N) is 1. The second kappa shape index (κ2) is 8.35. The van der Waals surface area contributed by atoms with Crippen LogP contribution in [0.2, 0.25) is 0 Å². The molecule has 0 radical (unpaired) electrons. The van der Waals surface area contributed by atoms with E-state index in [1.54, 1.807) is 45.0 Å². The summed E-state index contributed by atoms with van der Waals surface area (Å²) < 4.78 is 55.5. The summed E-state index contributed by atoms with van der Waals surface area (Å²) in [6, 6.07) is 6.53. The van der Waals surface area contributed by atoms with Crippen molar-refractivity contribution in [2.75, 3.05) is 17.9 Å². The summed E-state index contributed by atoms with van der Waals surface area (Å²) in [5, 5.41) is 3.66. The van der Waals surface area contributed by atoms with E-state index < -0.39 is 17.6 Å². The lowest BCUT2D eigenvalue weighted by Crippen LogP contribution is -2.14. The van der Waals surface area contributed by atoms with Crippen molar-refractivity contribution in [3.8, 4) is 0 Å². The van der Waals surface area contributed by atoms with Crippen molar-refractivity contribution in [1.82, 2.24) is 5.16 Å². The van der Waals surface area contributed by atoms with Crippen LogP contribution in [0, 0.1) is 13.8 Å². The van der Waals surface area contributed by atoms with E-state index in [9.17, 15) is 13.0 Å². The molecule has 1 heterocycles. The van der Waals surface area contributed by atoms with E-state index in [2.05, 4.69) is 9.88 Å². The Morgan fingerprint density at radius 1 is 1.12 bits per heavy atom. The van der Waals surface area contributed by atoms with E-state index in [4.69, 9.17) is 13.6 Å². The van der Waals surface area contributed by atoms with Gasteiger partial charge in [0.2, 0.25) is 0 Å². The number of anilines is 1. The first-order valence-corrected chi connectivity index (χ1v) is 11.3. The molecule has 0 saturated heterocycles. The lowest BCUT2D eigenvalue weighted by molar-refractivity contribution is 0.219. The van der Waals surface area contributed by atoms with Crippen LogP contribution in [0.15, 0.2) is 33.7 Å². The minimum absolute atomic E-state index is 0.0266. The molecule has 0 saturated carbocycles. The SMILES string of the molecule is CCOP(=O)(Cc1ccc(NS(=O)(=O)c2c(C)noc2C)cc1)OCC. The van der Waals surface area contributed by atoms with Crippen LogP contribution in [0.25, 0.3) is 0 Å². The number of hydrogen-bond acceptors (Lipinski definition) is 7. The van der Waals surface area contributed by atoms with Gasteiger partial charge in [0, 0.05) is 5.69 Å². The van der Waals surface area contributed by atoms with Gasteiger partial charge >= 0.3 is 7.60 Å². The maximum absolute atomic E-state index is 12.6. The Balaban J connectivity index is 2.16. The molecule has 0 spiro atoms. The third-order valence-electron chi connectivity index (χ3n) is 3.47. The predicted octanol–water partition coefficient (Wildman–Crippen LogP) is 3.86. The zero-order valence-electron chi connectivity index (χ0n) is 15.2. The van der Waals surface area contributed by atoms with Gasteiger partial charge in [-0.15, -0.1) is 0 Å². The van der Waals surface area contributed by atoms with Crippen LogP contribution in [-0.2, 0) is 29.8 Å². The van der Waals surface area contributed by atoms with E-state index in [0.29, 0.717) is 11.4 Å². The summed E-state index contributed by atoms with van der Waals surface area (Å²) in [5.41, 5.74) is 1.38. The van der Waals surface area contributed by atoms with Crippen molar-refractivity contribution in [2.24, 2.45) is 0 Å². The maximum atomic E-state index is 12.6. The normalized spacial score (nSPS) is 12.3. The van der Waals surface area contributed by atoms with Gasteiger partial charge < -0.3 is 13.6 Å². The molecule has 8 nitrogen and oxygen atoms in total. The highest BCUT2D eigenvalue weighted by atomic mass is 32.2. The molecule has 0 bridgehead atoms. The number of aromatic nitrogens is 1. The Labute approximate surface area is 153 Å². The summed E-state index contributed by atoms with van der Waals surface area (Å²) in [4.78, 5) is 0.0266. The molecule has 0 amide bonds. The molecule has 2 aromatic rings. The molecule has 0 aliphatic carbocycles. The average molecular weight is 402 g/mol. The molecule has 0 atom stereocenters. The van der Waals surface area contributed by atoms with Crippen LogP contribution < -0.4 is 4.72 Å². The molecular formula is C16H23N2O6PS. The summed E-state index contributed by atoms with van der Waals surface area (Å²) in [6.45, 7) is 7.17. The highest BCUT2D eigenvalue weighted by Crippen LogP contribution is 2.51. The molecule has 0 unspecified atom stereocenters. The third kappa shape index (κ3) is 4.94. The molecule has 144 valence electrons. The summed E-state index contributed by atoms with van der Waals surface area (Å²) in [6.07, 6.45) is 0.117. The van der Waals surface area contributed by atoms with E-state index in [1.807, 2.05) is 0 Å². The Hall–Kier alpha value is -1.67. The van der Waals surface area contributed by atoms with Crippen LogP contribution in [0.3, 0.4) is 0 Å². The molecule has 26 heavy (non-hydrogen) atoms. The number of aryl methyl sites for hydroxylation is 2. The Bertz CT molecular complexity index is 862. The van der Waals surface area contributed by atoms with Crippen LogP contribution in [0.5, 0.6) is 0 Å². The maximum Gasteiger partial charge on any atom is 0.335 e. The monoisotopic (exact) mass is 402 g/mol. The first-order valence-electron chi connectivity index (χ1n) is 8.13. The van der Waals surface area contributed by atoms with Gasteiger partial charge in [-0.05, 0) is 45.4 Å². The highest BCUT2D eigenvalue weighted by Gasteiger charge is 2.25. The second-order valence-corrected chi connectivity index (χ2v) is 9.23. The Morgan fingerprint density at radius 3 is 2.15 bits per heavy atom. The smallest absolute Gasteiger partial charge is 0.335 e. The molecule has 1 aromatic heterocycles. The Morgan fingerprint density at radius 2 is 1.69 bits per heavy atom. The fraction of sp³-hybridized carbons (Fsp3) is 0.438. The van der Waals surface area contributed by atoms with Gasteiger partial charge in [0.1, 0.15) is 5.69 Å². The zero-order chi connectivity index (χ0) is 19.4. The number of sulfonamides is 1. The first-order chi connectivity index (χ1) is 12.2. The van der Waals surface area contributed by atoms with Crippen molar-refractivity contribution in [3.63, 3.8) is 0 Å². The van der Waals surface area contributed by atoms with Gasteiger partial charge in [0.15, 0.2) is 10.7 Å². The molecule has 1 aromatic carbocycles. The fourth-order valence-electron chi connectivity index (χ4n) is 2.49. The van der Waals surface area contributed by atoms with Crippen LogP contribution >= 0.6 is 7.60 Å². The largest absolute Gasteiger partial charge is 0.360 e. The van der Waals surface area contributed by atoms with Crippen molar-refractivity contribution in [3.05, 3.63) is 41.3 Å². The van der Waals surface area contributed by atoms with Crippen LogP contribution in [0.4, 0.5) is 5.69 Å². The standard InChI is InChI=1S/C16H23N2O6PS/c1-5-22-25(19,23-6-2)11-14-7-9-15(10-8-14)18-26(20,21)16-12(3)17-24-13(16)4/h7-10,18H,5-6,11H2,1-4H3. The van der Waals surface area contributed by atoms with E-state index in [-0.39, 0.29) is 30.0 Å². The van der Waals surface area contributed by atoms with Gasteiger partial charge in [-0.3, -0.25) is 9.29 Å². The van der Waals surface area contributed by atoms with Crippen molar-refractivity contribution in [2.45, 2.75) is 38.8 Å². The summed E-state index contributed by atoms with van der Waals surface area (Å²) in [5.74, 6) is 0.223. The van der Waals surface area contributed by atoms with Crippen molar-refractivity contribution >= 4 is 23.3 Å².